The molecule has 0 fully saturated rings. The van der Waals surface area contributed by atoms with Crippen LogP contribution in [-0.2, 0) is 22.7 Å². The van der Waals surface area contributed by atoms with Gasteiger partial charge in [0.25, 0.3) is 0 Å². The van der Waals surface area contributed by atoms with Crippen molar-refractivity contribution in [2.75, 3.05) is 40.4 Å². The van der Waals surface area contributed by atoms with E-state index in [1.807, 2.05) is 36.4 Å². The lowest BCUT2D eigenvalue weighted by atomic mass is 10.1. The molecule has 8 nitrogen and oxygen atoms in total. The normalized spacial score (nSPS) is 10.7. The van der Waals surface area contributed by atoms with E-state index in [0.717, 1.165) is 87.3 Å². The molecule has 0 aliphatic carbocycles. The standard InChI is InChI=1S/C30H46N4O4/c1-37-27-15-9-7-13-25(27)23-31-19-11-3-5-17-29(35)33-21-22-34-30(36)18-6-4-12-20-32-24-26-14-8-10-16-28(26)38-2/h7-10,13-16,31-32H,3-6,11-12,17-24H2,1-2H3,(H,33,35)(H,34,36). The Bertz CT molecular complexity index is 862. The Labute approximate surface area is 228 Å². The van der Waals surface area contributed by atoms with Crippen LogP contribution in [0.2, 0.25) is 0 Å². The summed E-state index contributed by atoms with van der Waals surface area (Å²) in [6.45, 7) is 4.31. The van der Waals surface area contributed by atoms with Gasteiger partial charge in [0.2, 0.25) is 11.8 Å². The molecule has 0 saturated carbocycles. The second-order valence-electron chi connectivity index (χ2n) is 9.30. The molecule has 0 bridgehead atoms. The molecule has 38 heavy (non-hydrogen) atoms. The van der Waals surface area contributed by atoms with Crippen LogP contribution in [0.5, 0.6) is 11.5 Å². The number of para-hydroxylation sites is 2. The Balaban J connectivity index is 1.36. The monoisotopic (exact) mass is 526 g/mol. The number of hydrogen-bond acceptors (Lipinski definition) is 6. The number of benzene rings is 2. The Morgan fingerprint density at radius 1 is 0.579 bits per heavy atom. The zero-order valence-corrected chi connectivity index (χ0v) is 23.2. The lowest BCUT2D eigenvalue weighted by Gasteiger charge is -2.10. The third-order valence-corrected chi connectivity index (χ3v) is 6.30. The number of nitrogens with one attached hydrogen (secondary N) is 4. The summed E-state index contributed by atoms with van der Waals surface area (Å²) in [5, 5.41) is 12.6. The van der Waals surface area contributed by atoms with E-state index >= 15 is 0 Å². The fourth-order valence-electron chi connectivity index (χ4n) is 4.15. The van der Waals surface area contributed by atoms with Gasteiger partial charge in [-0.05, 0) is 50.9 Å². The predicted octanol–water partition coefficient (Wildman–Crippen LogP) is 3.94. The minimum absolute atomic E-state index is 0.0434. The molecule has 4 N–H and O–H groups in total. The number of hydrogen-bond donors (Lipinski definition) is 4. The summed E-state index contributed by atoms with van der Waals surface area (Å²) in [6, 6.07) is 16.0. The van der Waals surface area contributed by atoms with Crippen molar-refractivity contribution in [3.8, 4) is 11.5 Å². The summed E-state index contributed by atoms with van der Waals surface area (Å²) >= 11 is 0. The second kappa shape index (κ2) is 19.9. The second-order valence-corrected chi connectivity index (χ2v) is 9.30. The quantitative estimate of drug-likeness (QED) is 0.184. The molecule has 210 valence electrons. The Hall–Kier alpha value is -3.10. The summed E-state index contributed by atoms with van der Waals surface area (Å²) in [5.41, 5.74) is 2.30. The van der Waals surface area contributed by atoms with Crippen molar-refractivity contribution in [2.24, 2.45) is 0 Å². The molecule has 0 unspecified atom stereocenters. The van der Waals surface area contributed by atoms with Crippen molar-refractivity contribution in [3.63, 3.8) is 0 Å². The summed E-state index contributed by atoms with van der Waals surface area (Å²) in [4.78, 5) is 24.0. The number of carbonyl (C=O) groups excluding carboxylic acids is 2. The van der Waals surface area contributed by atoms with Crippen LogP contribution in [0.4, 0.5) is 0 Å². The van der Waals surface area contributed by atoms with E-state index < -0.39 is 0 Å². The molecule has 0 aliphatic rings. The van der Waals surface area contributed by atoms with Gasteiger partial charge in [-0.1, -0.05) is 49.2 Å². The van der Waals surface area contributed by atoms with E-state index in [9.17, 15) is 9.59 Å². The van der Waals surface area contributed by atoms with Gasteiger partial charge in [0.1, 0.15) is 11.5 Å². The van der Waals surface area contributed by atoms with Gasteiger partial charge in [-0.15, -0.1) is 0 Å². The number of methoxy groups -OCH3 is 2. The molecular weight excluding hydrogens is 480 g/mol. The lowest BCUT2D eigenvalue weighted by Crippen LogP contribution is -2.34. The first-order valence-electron chi connectivity index (χ1n) is 13.8. The van der Waals surface area contributed by atoms with Gasteiger partial charge in [-0.2, -0.15) is 0 Å². The van der Waals surface area contributed by atoms with Crippen molar-refractivity contribution >= 4 is 11.8 Å². The molecule has 2 rings (SSSR count). The third-order valence-electron chi connectivity index (χ3n) is 6.30. The van der Waals surface area contributed by atoms with Crippen molar-refractivity contribution in [2.45, 2.75) is 64.5 Å². The molecule has 2 aromatic carbocycles. The van der Waals surface area contributed by atoms with Gasteiger partial charge < -0.3 is 30.7 Å². The van der Waals surface area contributed by atoms with Crippen molar-refractivity contribution in [3.05, 3.63) is 59.7 Å². The third kappa shape index (κ3) is 13.4. The van der Waals surface area contributed by atoms with Crippen LogP contribution in [0.15, 0.2) is 48.5 Å². The average molecular weight is 527 g/mol. The first kappa shape index (κ1) is 31.1. The van der Waals surface area contributed by atoms with Crippen molar-refractivity contribution in [1.29, 1.82) is 0 Å². The molecule has 0 radical (unpaired) electrons. The fraction of sp³-hybridized carbons (Fsp3) is 0.533. The van der Waals surface area contributed by atoms with Gasteiger partial charge in [0.15, 0.2) is 0 Å². The van der Waals surface area contributed by atoms with Crippen LogP contribution in [0.25, 0.3) is 0 Å². The summed E-state index contributed by atoms with van der Waals surface area (Å²) in [5.74, 6) is 1.89. The number of unbranched alkanes of at least 4 members (excludes halogenated alkanes) is 4. The van der Waals surface area contributed by atoms with Gasteiger partial charge in [0.05, 0.1) is 14.2 Å². The first-order valence-corrected chi connectivity index (χ1v) is 13.8. The largest absolute Gasteiger partial charge is 0.496 e. The van der Waals surface area contributed by atoms with Crippen LogP contribution >= 0.6 is 0 Å². The number of rotatable bonds is 21. The van der Waals surface area contributed by atoms with E-state index in [1.165, 1.54) is 0 Å². The van der Waals surface area contributed by atoms with E-state index in [0.29, 0.717) is 25.9 Å². The SMILES string of the molecule is COc1ccccc1CNCCCCCC(=O)NCCNC(=O)CCCCCNCc1ccccc1OC. The van der Waals surface area contributed by atoms with Gasteiger partial charge in [0, 0.05) is 50.1 Å². The molecule has 0 spiro atoms. The molecule has 2 amide bonds. The topological polar surface area (TPSA) is 101 Å². The van der Waals surface area contributed by atoms with E-state index in [2.05, 4.69) is 33.4 Å². The molecule has 8 heteroatoms. The zero-order valence-electron chi connectivity index (χ0n) is 23.2. The van der Waals surface area contributed by atoms with Crippen LogP contribution in [0.1, 0.15) is 62.5 Å². The predicted molar refractivity (Wildman–Crippen MR) is 152 cm³/mol. The number of amides is 2. The highest BCUT2D eigenvalue weighted by atomic mass is 16.5. The highest BCUT2D eigenvalue weighted by molar-refractivity contribution is 5.77. The van der Waals surface area contributed by atoms with Crippen molar-refractivity contribution < 1.29 is 19.1 Å². The maximum absolute atomic E-state index is 12.0. The number of ether oxygens (including phenoxy) is 2. The molecule has 0 aromatic heterocycles. The number of carbonyl (C=O) groups is 2. The summed E-state index contributed by atoms with van der Waals surface area (Å²) in [7, 11) is 3.37. The average Bonchev–Trinajstić information content (AvgIpc) is 2.94. The van der Waals surface area contributed by atoms with Crippen LogP contribution < -0.4 is 30.7 Å². The Morgan fingerprint density at radius 2 is 1.00 bits per heavy atom. The Morgan fingerprint density at radius 3 is 1.42 bits per heavy atom. The van der Waals surface area contributed by atoms with E-state index in [1.54, 1.807) is 14.2 Å². The van der Waals surface area contributed by atoms with Gasteiger partial charge in [-0.25, -0.2) is 0 Å². The molecule has 0 saturated heterocycles. The van der Waals surface area contributed by atoms with Gasteiger partial charge >= 0.3 is 0 Å². The molecule has 0 atom stereocenters. The minimum Gasteiger partial charge on any atom is -0.496 e. The first-order chi connectivity index (χ1) is 18.6. The van der Waals surface area contributed by atoms with Crippen molar-refractivity contribution in [1.82, 2.24) is 21.3 Å². The van der Waals surface area contributed by atoms with E-state index in [-0.39, 0.29) is 11.8 Å². The lowest BCUT2D eigenvalue weighted by molar-refractivity contribution is -0.123. The Kier molecular flexibility index (Phi) is 16.3. The molecule has 2 aromatic rings. The zero-order chi connectivity index (χ0) is 27.3. The minimum atomic E-state index is 0.0434. The maximum Gasteiger partial charge on any atom is 0.220 e. The summed E-state index contributed by atoms with van der Waals surface area (Å²) < 4.78 is 10.7. The maximum atomic E-state index is 12.0. The summed E-state index contributed by atoms with van der Waals surface area (Å²) in [6.07, 6.45) is 6.81. The molecular formula is C30H46N4O4. The highest BCUT2D eigenvalue weighted by Crippen LogP contribution is 2.17. The van der Waals surface area contributed by atoms with Crippen LogP contribution in [0, 0.1) is 0 Å². The van der Waals surface area contributed by atoms with E-state index in [4.69, 9.17) is 9.47 Å². The smallest absolute Gasteiger partial charge is 0.220 e. The van der Waals surface area contributed by atoms with Gasteiger partial charge in [-0.3, -0.25) is 9.59 Å². The van der Waals surface area contributed by atoms with Crippen LogP contribution in [-0.4, -0.2) is 52.2 Å². The molecule has 0 heterocycles. The fourth-order valence-corrected chi connectivity index (χ4v) is 4.15. The molecule has 0 aliphatic heterocycles. The van der Waals surface area contributed by atoms with Crippen LogP contribution in [0.3, 0.4) is 0 Å². The highest BCUT2D eigenvalue weighted by Gasteiger charge is 2.04.